The van der Waals surface area contributed by atoms with E-state index in [9.17, 15) is 13.2 Å². The van der Waals surface area contributed by atoms with Gasteiger partial charge in [0.2, 0.25) is 0 Å². The minimum absolute atomic E-state index is 0.0796. The molecule has 144 valence electrons. The van der Waals surface area contributed by atoms with E-state index in [4.69, 9.17) is 0 Å². The van der Waals surface area contributed by atoms with Gasteiger partial charge in [-0.25, -0.2) is 8.42 Å². The quantitative estimate of drug-likeness (QED) is 0.829. The van der Waals surface area contributed by atoms with Crippen LogP contribution >= 0.6 is 0 Å². The molecule has 1 saturated heterocycles. The number of hydrogen-bond donors (Lipinski definition) is 2. The summed E-state index contributed by atoms with van der Waals surface area (Å²) >= 11 is 0. The first kappa shape index (κ1) is 19.6. The van der Waals surface area contributed by atoms with Crippen LogP contribution < -0.4 is 10.6 Å². The molecular formula is C21H26N2O3S. The highest BCUT2D eigenvalue weighted by Crippen LogP contribution is 2.18. The number of aryl methyl sites for hydroxylation is 1. The second-order valence-corrected chi connectivity index (χ2v) is 9.31. The summed E-state index contributed by atoms with van der Waals surface area (Å²) in [5, 5.41) is 6.43. The van der Waals surface area contributed by atoms with Gasteiger partial charge < -0.3 is 10.6 Å². The average molecular weight is 387 g/mol. The summed E-state index contributed by atoms with van der Waals surface area (Å²) in [6.45, 7) is 4.94. The fraction of sp³-hybridized carbons (Fsp3) is 0.381. The van der Waals surface area contributed by atoms with Crippen LogP contribution in [-0.2, 0) is 15.6 Å². The Balaban J connectivity index is 1.64. The van der Waals surface area contributed by atoms with Crippen LogP contribution in [0.25, 0.3) is 0 Å². The van der Waals surface area contributed by atoms with Gasteiger partial charge in [0.05, 0.1) is 10.6 Å². The van der Waals surface area contributed by atoms with Gasteiger partial charge in [0.15, 0.2) is 9.84 Å². The van der Waals surface area contributed by atoms with Crippen LogP contribution in [0.5, 0.6) is 0 Å². The number of hydrogen-bond acceptors (Lipinski definition) is 4. The summed E-state index contributed by atoms with van der Waals surface area (Å²) in [5.41, 5.74) is 2.24. The lowest BCUT2D eigenvalue weighted by Crippen LogP contribution is -2.46. The Labute approximate surface area is 161 Å². The Hall–Kier alpha value is -2.18. The SMILES string of the molecule is Cc1ccc(S(=O)(=O)Cc2ccc(C(=O)NC3CCNC(C)C3)cc2)cc1. The van der Waals surface area contributed by atoms with E-state index in [1.807, 2.05) is 6.92 Å². The van der Waals surface area contributed by atoms with E-state index < -0.39 is 9.84 Å². The zero-order valence-corrected chi connectivity index (χ0v) is 16.6. The van der Waals surface area contributed by atoms with Crippen LogP contribution in [0.4, 0.5) is 0 Å². The van der Waals surface area contributed by atoms with Gasteiger partial charge in [0.1, 0.15) is 0 Å². The zero-order chi connectivity index (χ0) is 19.4. The van der Waals surface area contributed by atoms with E-state index >= 15 is 0 Å². The summed E-state index contributed by atoms with van der Waals surface area (Å²) in [5.74, 6) is -0.189. The van der Waals surface area contributed by atoms with E-state index in [1.54, 1.807) is 48.5 Å². The van der Waals surface area contributed by atoms with Gasteiger partial charge in [0.25, 0.3) is 5.91 Å². The van der Waals surface area contributed by atoms with Crippen molar-refractivity contribution in [2.24, 2.45) is 0 Å². The monoisotopic (exact) mass is 386 g/mol. The van der Waals surface area contributed by atoms with Gasteiger partial charge in [-0.3, -0.25) is 4.79 Å². The van der Waals surface area contributed by atoms with Gasteiger partial charge >= 0.3 is 0 Å². The number of sulfone groups is 1. The molecule has 1 aliphatic rings. The predicted octanol–water partition coefficient (Wildman–Crippen LogP) is 2.84. The maximum atomic E-state index is 12.5. The molecule has 1 amide bonds. The largest absolute Gasteiger partial charge is 0.349 e. The average Bonchev–Trinajstić information content (AvgIpc) is 2.62. The molecule has 3 rings (SSSR count). The molecule has 2 N–H and O–H groups in total. The Morgan fingerprint density at radius 3 is 2.41 bits per heavy atom. The van der Waals surface area contributed by atoms with Crippen molar-refractivity contribution >= 4 is 15.7 Å². The third kappa shape index (κ3) is 5.17. The molecule has 2 atom stereocenters. The minimum Gasteiger partial charge on any atom is -0.349 e. The van der Waals surface area contributed by atoms with Crippen molar-refractivity contribution in [2.75, 3.05) is 6.54 Å². The Bertz CT molecular complexity index is 890. The zero-order valence-electron chi connectivity index (χ0n) is 15.7. The van der Waals surface area contributed by atoms with E-state index in [0.29, 0.717) is 22.1 Å². The highest BCUT2D eigenvalue weighted by molar-refractivity contribution is 7.90. The van der Waals surface area contributed by atoms with Gasteiger partial charge in [-0.2, -0.15) is 0 Å². The van der Waals surface area contributed by atoms with Crippen LogP contribution in [0.2, 0.25) is 0 Å². The summed E-state index contributed by atoms with van der Waals surface area (Å²) in [6, 6.07) is 14.2. The third-order valence-electron chi connectivity index (χ3n) is 4.91. The number of carbonyl (C=O) groups excluding carboxylic acids is 1. The fourth-order valence-electron chi connectivity index (χ4n) is 3.33. The number of amides is 1. The molecule has 0 radical (unpaired) electrons. The Morgan fingerprint density at radius 1 is 1.11 bits per heavy atom. The van der Waals surface area contributed by atoms with Gasteiger partial charge in [-0.1, -0.05) is 29.8 Å². The van der Waals surface area contributed by atoms with Gasteiger partial charge in [-0.05, 0) is 63.1 Å². The maximum Gasteiger partial charge on any atom is 0.251 e. The highest BCUT2D eigenvalue weighted by Gasteiger charge is 2.21. The summed E-state index contributed by atoms with van der Waals surface area (Å²) in [7, 11) is -3.40. The summed E-state index contributed by atoms with van der Waals surface area (Å²) in [4.78, 5) is 12.7. The normalized spacial score (nSPS) is 20.2. The van der Waals surface area contributed by atoms with Crippen LogP contribution in [0.1, 0.15) is 41.3 Å². The lowest BCUT2D eigenvalue weighted by molar-refractivity contribution is 0.0925. The smallest absolute Gasteiger partial charge is 0.251 e. The molecule has 2 unspecified atom stereocenters. The molecule has 1 heterocycles. The van der Waals surface area contributed by atoms with Crippen molar-refractivity contribution in [3.63, 3.8) is 0 Å². The first-order valence-corrected chi connectivity index (χ1v) is 10.9. The lowest BCUT2D eigenvalue weighted by Gasteiger charge is -2.28. The molecule has 1 fully saturated rings. The second-order valence-electron chi connectivity index (χ2n) is 7.32. The molecule has 2 aromatic carbocycles. The number of rotatable bonds is 5. The van der Waals surface area contributed by atoms with Crippen molar-refractivity contribution in [1.29, 1.82) is 0 Å². The lowest BCUT2D eigenvalue weighted by atomic mass is 10.00. The standard InChI is InChI=1S/C21H26N2O3S/c1-15-3-9-20(10-4-15)27(25,26)14-17-5-7-18(8-6-17)21(24)23-19-11-12-22-16(2)13-19/h3-10,16,19,22H,11-14H2,1-2H3,(H,23,24). The van der Waals surface area contributed by atoms with Crippen molar-refractivity contribution in [1.82, 2.24) is 10.6 Å². The molecule has 5 nitrogen and oxygen atoms in total. The van der Waals surface area contributed by atoms with Gasteiger partial charge in [0, 0.05) is 17.6 Å². The number of piperidine rings is 1. The van der Waals surface area contributed by atoms with Crippen LogP contribution in [-0.4, -0.2) is 33.0 Å². The number of nitrogens with one attached hydrogen (secondary N) is 2. The van der Waals surface area contributed by atoms with E-state index in [0.717, 1.165) is 24.9 Å². The predicted molar refractivity (Wildman–Crippen MR) is 106 cm³/mol. The summed E-state index contributed by atoms with van der Waals surface area (Å²) in [6.07, 6.45) is 1.83. The topological polar surface area (TPSA) is 75.3 Å². The van der Waals surface area contributed by atoms with Crippen LogP contribution in [0, 0.1) is 6.92 Å². The van der Waals surface area contributed by atoms with E-state index in [-0.39, 0.29) is 17.7 Å². The molecule has 0 aliphatic carbocycles. The maximum absolute atomic E-state index is 12.5. The highest BCUT2D eigenvalue weighted by atomic mass is 32.2. The van der Waals surface area contributed by atoms with Crippen molar-refractivity contribution < 1.29 is 13.2 Å². The molecule has 0 spiro atoms. The molecule has 0 bridgehead atoms. The Kier molecular flexibility index (Phi) is 5.97. The fourth-order valence-corrected chi connectivity index (χ4v) is 4.68. The third-order valence-corrected chi connectivity index (χ3v) is 6.62. The molecule has 2 aromatic rings. The first-order chi connectivity index (χ1) is 12.8. The van der Waals surface area contributed by atoms with Crippen molar-refractivity contribution in [2.45, 2.75) is 49.4 Å². The van der Waals surface area contributed by atoms with Crippen LogP contribution in [0.15, 0.2) is 53.4 Å². The van der Waals surface area contributed by atoms with Crippen LogP contribution in [0.3, 0.4) is 0 Å². The molecule has 27 heavy (non-hydrogen) atoms. The minimum atomic E-state index is -3.40. The second kappa shape index (κ2) is 8.23. The number of carbonyl (C=O) groups is 1. The summed E-state index contributed by atoms with van der Waals surface area (Å²) < 4.78 is 25.1. The molecule has 0 saturated carbocycles. The molecule has 1 aliphatic heterocycles. The molecule has 0 aromatic heterocycles. The van der Waals surface area contributed by atoms with E-state index in [2.05, 4.69) is 17.6 Å². The van der Waals surface area contributed by atoms with Crippen molar-refractivity contribution in [3.8, 4) is 0 Å². The van der Waals surface area contributed by atoms with Crippen molar-refractivity contribution in [3.05, 3.63) is 65.2 Å². The first-order valence-electron chi connectivity index (χ1n) is 9.26. The van der Waals surface area contributed by atoms with Gasteiger partial charge in [-0.15, -0.1) is 0 Å². The molecule has 6 heteroatoms. The van der Waals surface area contributed by atoms with E-state index in [1.165, 1.54) is 0 Å². The number of benzene rings is 2. The molecular weight excluding hydrogens is 360 g/mol. The Morgan fingerprint density at radius 2 is 1.78 bits per heavy atom.